The number of amides is 2. The van der Waals surface area contributed by atoms with Crippen LogP contribution >= 0.6 is 0 Å². The first-order valence-corrected chi connectivity index (χ1v) is 7.90. The van der Waals surface area contributed by atoms with Crippen molar-refractivity contribution in [3.05, 3.63) is 29.8 Å². The Kier molecular flexibility index (Phi) is 6.40. The van der Waals surface area contributed by atoms with E-state index in [0.717, 1.165) is 5.56 Å². The van der Waals surface area contributed by atoms with Gasteiger partial charge in [-0.25, -0.2) is 0 Å². The minimum Gasteiger partial charge on any atom is -0.508 e. The molecule has 6 heteroatoms. The molecule has 0 aromatic heterocycles. The minimum atomic E-state index is -0.0131. The van der Waals surface area contributed by atoms with Crippen LogP contribution < -0.4 is 5.32 Å². The van der Waals surface area contributed by atoms with Gasteiger partial charge in [-0.05, 0) is 24.1 Å². The van der Waals surface area contributed by atoms with E-state index < -0.39 is 0 Å². The second kappa shape index (κ2) is 8.53. The van der Waals surface area contributed by atoms with Crippen LogP contribution in [0.3, 0.4) is 0 Å². The number of phenolic OH excluding ortho intramolecular Hbond substituents is 1. The lowest BCUT2D eigenvalue weighted by Gasteiger charge is -2.16. The predicted molar refractivity (Wildman–Crippen MR) is 86.0 cm³/mol. The molecule has 126 valence electrons. The molecule has 1 aliphatic rings. The van der Waals surface area contributed by atoms with Crippen LogP contribution in [0.25, 0.3) is 0 Å². The van der Waals surface area contributed by atoms with E-state index in [0.29, 0.717) is 45.5 Å². The smallest absolute Gasteiger partial charge is 0.223 e. The molecule has 1 fully saturated rings. The van der Waals surface area contributed by atoms with Gasteiger partial charge in [-0.15, -0.1) is 0 Å². The van der Waals surface area contributed by atoms with Crippen molar-refractivity contribution in [1.82, 2.24) is 10.2 Å². The van der Waals surface area contributed by atoms with Gasteiger partial charge in [-0.3, -0.25) is 9.59 Å². The quantitative estimate of drug-likeness (QED) is 0.747. The van der Waals surface area contributed by atoms with E-state index >= 15 is 0 Å². The van der Waals surface area contributed by atoms with Crippen LogP contribution in [-0.2, 0) is 20.7 Å². The third kappa shape index (κ3) is 5.56. The number of methoxy groups -OCH3 is 1. The van der Waals surface area contributed by atoms with Gasteiger partial charge in [-0.1, -0.05) is 12.1 Å². The first kappa shape index (κ1) is 17.3. The highest BCUT2D eigenvalue weighted by atomic mass is 16.5. The van der Waals surface area contributed by atoms with E-state index in [1.165, 1.54) is 0 Å². The molecule has 1 heterocycles. The van der Waals surface area contributed by atoms with Crippen LogP contribution in [0.4, 0.5) is 0 Å². The van der Waals surface area contributed by atoms with Crippen molar-refractivity contribution in [2.45, 2.75) is 19.3 Å². The van der Waals surface area contributed by atoms with Crippen molar-refractivity contribution >= 4 is 11.8 Å². The highest BCUT2D eigenvalue weighted by Crippen LogP contribution is 2.16. The van der Waals surface area contributed by atoms with Crippen molar-refractivity contribution in [2.75, 3.05) is 33.4 Å². The van der Waals surface area contributed by atoms with Crippen molar-refractivity contribution in [3.63, 3.8) is 0 Å². The number of ether oxygens (including phenoxy) is 1. The highest BCUT2D eigenvalue weighted by molar-refractivity contribution is 5.79. The number of aryl methyl sites for hydroxylation is 1. The summed E-state index contributed by atoms with van der Waals surface area (Å²) in [4.78, 5) is 25.5. The summed E-state index contributed by atoms with van der Waals surface area (Å²) in [6, 6.07) is 6.86. The molecule has 6 nitrogen and oxygen atoms in total. The molecule has 2 rings (SSSR count). The number of nitrogens with one attached hydrogen (secondary N) is 1. The molecule has 1 aromatic carbocycles. The molecule has 1 saturated heterocycles. The zero-order valence-electron chi connectivity index (χ0n) is 13.5. The number of hydrogen-bond donors (Lipinski definition) is 2. The van der Waals surface area contributed by atoms with E-state index in [1.807, 2.05) is 12.1 Å². The van der Waals surface area contributed by atoms with Gasteiger partial charge in [-0.2, -0.15) is 0 Å². The number of rotatable bonds is 8. The second-order valence-corrected chi connectivity index (χ2v) is 5.87. The summed E-state index contributed by atoms with van der Waals surface area (Å²) in [6.07, 6.45) is 1.52. The molecule has 23 heavy (non-hydrogen) atoms. The van der Waals surface area contributed by atoms with Gasteiger partial charge >= 0.3 is 0 Å². The van der Waals surface area contributed by atoms with Gasteiger partial charge in [0.05, 0.1) is 6.61 Å². The average Bonchev–Trinajstić information content (AvgIpc) is 2.90. The number of phenols is 1. The van der Waals surface area contributed by atoms with Crippen molar-refractivity contribution in [3.8, 4) is 5.75 Å². The van der Waals surface area contributed by atoms with Crippen LogP contribution in [0.5, 0.6) is 5.75 Å². The fraction of sp³-hybridized carbons (Fsp3) is 0.529. The Hall–Kier alpha value is -2.08. The van der Waals surface area contributed by atoms with Crippen molar-refractivity contribution in [2.24, 2.45) is 5.92 Å². The average molecular weight is 320 g/mol. The molecule has 0 unspecified atom stereocenters. The van der Waals surface area contributed by atoms with E-state index in [2.05, 4.69) is 5.32 Å². The summed E-state index contributed by atoms with van der Waals surface area (Å²) in [5.74, 6) is 0.519. The summed E-state index contributed by atoms with van der Waals surface area (Å²) in [5.41, 5.74) is 1.01. The van der Waals surface area contributed by atoms with Gasteiger partial charge in [0.2, 0.25) is 11.8 Å². The third-order valence-electron chi connectivity index (χ3n) is 4.02. The number of carbonyl (C=O) groups is 2. The molecule has 0 saturated carbocycles. The molecule has 1 aliphatic heterocycles. The van der Waals surface area contributed by atoms with Gasteiger partial charge in [0.25, 0.3) is 0 Å². The molecular formula is C17H24N2O4. The summed E-state index contributed by atoms with van der Waals surface area (Å²) in [5, 5.41) is 12.1. The molecule has 2 N–H and O–H groups in total. The first-order valence-electron chi connectivity index (χ1n) is 7.90. The number of benzene rings is 1. The van der Waals surface area contributed by atoms with Gasteiger partial charge in [0.1, 0.15) is 5.75 Å². The maximum absolute atomic E-state index is 11.9. The molecular weight excluding hydrogens is 296 g/mol. The Labute approximate surface area is 136 Å². The summed E-state index contributed by atoms with van der Waals surface area (Å²) in [6.45, 7) is 2.36. The Balaban J connectivity index is 1.66. The Morgan fingerprint density at radius 3 is 2.83 bits per heavy atom. The van der Waals surface area contributed by atoms with Crippen molar-refractivity contribution < 1.29 is 19.4 Å². The monoisotopic (exact) mass is 320 g/mol. The third-order valence-corrected chi connectivity index (χ3v) is 4.02. The van der Waals surface area contributed by atoms with E-state index in [-0.39, 0.29) is 23.5 Å². The fourth-order valence-corrected chi connectivity index (χ4v) is 2.68. The second-order valence-electron chi connectivity index (χ2n) is 5.87. The summed E-state index contributed by atoms with van der Waals surface area (Å²) >= 11 is 0. The Morgan fingerprint density at radius 2 is 2.13 bits per heavy atom. The number of aromatic hydroxyl groups is 1. The van der Waals surface area contributed by atoms with Gasteiger partial charge in [0.15, 0.2) is 0 Å². The fourth-order valence-electron chi connectivity index (χ4n) is 2.68. The molecule has 1 aromatic rings. The maximum atomic E-state index is 11.9. The molecule has 0 spiro atoms. The summed E-state index contributed by atoms with van der Waals surface area (Å²) < 4.78 is 4.99. The van der Waals surface area contributed by atoms with Crippen LogP contribution in [-0.4, -0.2) is 55.2 Å². The SMILES string of the molecule is COCCN1C[C@@H](CNC(=O)CCc2ccc(O)cc2)CC1=O. The normalized spacial score (nSPS) is 17.5. The van der Waals surface area contributed by atoms with E-state index in [9.17, 15) is 14.7 Å². The molecule has 1 atom stereocenters. The maximum Gasteiger partial charge on any atom is 0.223 e. The molecule has 0 bridgehead atoms. The largest absolute Gasteiger partial charge is 0.508 e. The molecule has 2 amide bonds. The number of likely N-dealkylation sites (tertiary alicyclic amines) is 1. The standard InChI is InChI=1S/C17H24N2O4/c1-23-9-8-19-12-14(10-17(19)22)11-18-16(21)7-4-13-2-5-15(20)6-3-13/h2-3,5-6,14,20H,4,7-12H2,1H3,(H,18,21)/t14-/m1/s1. The van der Waals surface area contributed by atoms with Crippen LogP contribution in [0.2, 0.25) is 0 Å². The van der Waals surface area contributed by atoms with Gasteiger partial charge in [0, 0.05) is 45.5 Å². The highest BCUT2D eigenvalue weighted by Gasteiger charge is 2.29. The lowest BCUT2D eigenvalue weighted by molar-refractivity contribution is -0.128. The number of hydrogen-bond acceptors (Lipinski definition) is 4. The Morgan fingerprint density at radius 1 is 1.39 bits per heavy atom. The van der Waals surface area contributed by atoms with Crippen LogP contribution in [0.1, 0.15) is 18.4 Å². The van der Waals surface area contributed by atoms with E-state index in [4.69, 9.17) is 4.74 Å². The zero-order chi connectivity index (χ0) is 16.7. The van der Waals surface area contributed by atoms with Crippen molar-refractivity contribution in [1.29, 1.82) is 0 Å². The topological polar surface area (TPSA) is 78.9 Å². The minimum absolute atomic E-state index is 0.0131. The van der Waals surface area contributed by atoms with Crippen LogP contribution in [0.15, 0.2) is 24.3 Å². The van der Waals surface area contributed by atoms with E-state index in [1.54, 1.807) is 24.1 Å². The predicted octanol–water partition coefficient (Wildman–Crippen LogP) is 0.936. The first-order chi connectivity index (χ1) is 11.1. The summed E-state index contributed by atoms with van der Waals surface area (Å²) in [7, 11) is 1.62. The lowest BCUT2D eigenvalue weighted by Crippen LogP contribution is -2.32. The number of nitrogens with zero attached hydrogens (tertiary/aromatic N) is 1. The molecule has 0 radical (unpaired) electrons. The lowest BCUT2D eigenvalue weighted by atomic mass is 10.1. The zero-order valence-corrected chi connectivity index (χ0v) is 13.5. The Bertz CT molecular complexity index is 530. The molecule has 0 aliphatic carbocycles. The van der Waals surface area contributed by atoms with Gasteiger partial charge < -0.3 is 20.1 Å². The number of carbonyl (C=O) groups excluding carboxylic acids is 2. The van der Waals surface area contributed by atoms with Crippen LogP contribution in [0, 0.1) is 5.92 Å².